The fraction of sp³-hybridized carbons (Fsp3) is 0.440. The average molecular weight is 520 g/mol. The Morgan fingerprint density at radius 2 is 1.86 bits per heavy atom. The molecule has 35 heavy (non-hydrogen) atoms. The van der Waals surface area contributed by atoms with Gasteiger partial charge in [-0.2, -0.15) is 0 Å². The van der Waals surface area contributed by atoms with E-state index in [4.69, 9.17) is 11.6 Å². The average Bonchev–Trinajstić information content (AvgIpc) is 3.31. The molecule has 1 aliphatic rings. The van der Waals surface area contributed by atoms with E-state index in [1.165, 1.54) is 16.8 Å². The first kappa shape index (κ1) is 25.6. The number of sulfone groups is 1. The van der Waals surface area contributed by atoms with Gasteiger partial charge in [0.2, 0.25) is 0 Å². The van der Waals surface area contributed by atoms with E-state index < -0.39 is 15.7 Å². The number of hydrogen-bond donors (Lipinski definition) is 0. The summed E-state index contributed by atoms with van der Waals surface area (Å²) in [6.07, 6.45) is 2.12. The van der Waals surface area contributed by atoms with E-state index in [1.807, 2.05) is 12.1 Å². The highest BCUT2D eigenvalue weighted by Gasteiger charge is 2.21. The SMILES string of the molecule is CCCS(=O)(=O)Cc1ccc(F)c(-n2cc(-c3cccc(N4CCN(C(C)C)CC4)c3)nn2)c1Cl. The van der Waals surface area contributed by atoms with Gasteiger partial charge in [0.1, 0.15) is 17.2 Å². The Morgan fingerprint density at radius 1 is 1.11 bits per heavy atom. The lowest BCUT2D eigenvalue weighted by Gasteiger charge is -2.38. The van der Waals surface area contributed by atoms with Crippen molar-refractivity contribution in [3.05, 3.63) is 59.0 Å². The smallest absolute Gasteiger partial charge is 0.154 e. The van der Waals surface area contributed by atoms with Gasteiger partial charge >= 0.3 is 0 Å². The Hall–Kier alpha value is -2.49. The molecule has 0 amide bonds. The van der Waals surface area contributed by atoms with Crippen LogP contribution in [-0.4, -0.2) is 66.3 Å². The summed E-state index contributed by atoms with van der Waals surface area (Å²) in [5.41, 5.74) is 2.88. The van der Waals surface area contributed by atoms with Crippen LogP contribution in [0.3, 0.4) is 0 Å². The molecule has 0 bridgehead atoms. The summed E-state index contributed by atoms with van der Waals surface area (Å²) < 4.78 is 40.6. The molecular weight excluding hydrogens is 489 g/mol. The Balaban J connectivity index is 1.59. The molecule has 0 spiro atoms. The fourth-order valence-corrected chi connectivity index (χ4v) is 6.25. The molecule has 2 aromatic carbocycles. The van der Waals surface area contributed by atoms with Gasteiger partial charge in [-0.3, -0.25) is 4.90 Å². The molecule has 0 saturated carbocycles. The van der Waals surface area contributed by atoms with Gasteiger partial charge in [-0.15, -0.1) is 5.10 Å². The summed E-state index contributed by atoms with van der Waals surface area (Å²) in [4.78, 5) is 4.81. The third-order valence-electron chi connectivity index (χ3n) is 6.31. The zero-order chi connectivity index (χ0) is 25.2. The highest BCUT2D eigenvalue weighted by Crippen LogP contribution is 2.30. The first-order valence-electron chi connectivity index (χ1n) is 11.9. The largest absolute Gasteiger partial charge is 0.369 e. The van der Waals surface area contributed by atoms with E-state index in [0.717, 1.165) is 37.4 Å². The van der Waals surface area contributed by atoms with Gasteiger partial charge in [-0.25, -0.2) is 17.5 Å². The van der Waals surface area contributed by atoms with Crippen LogP contribution in [0.5, 0.6) is 0 Å². The summed E-state index contributed by atoms with van der Waals surface area (Å²) in [6.45, 7) is 10.2. The van der Waals surface area contributed by atoms with Gasteiger partial charge in [0.25, 0.3) is 0 Å². The summed E-state index contributed by atoms with van der Waals surface area (Å²) in [7, 11) is -3.34. The van der Waals surface area contributed by atoms with Crippen molar-refractivity contribution in [1.29, 1.82) is 0 Å². The summed E-state index contributed by atoms with van der Waals surface area (Å²) in [5, 5.41) is 8.37. The van der Waals surface area contributed by atoms with Gasteiger partial charge in [0.15, 0.2) is 9.84 Å². The Bertz CT molecular complexity index is 1290. The molecule has 0 atom stereocenters. The van der Waals surface area contributed by atoms with Crippen LogP contribution >= 0.6 is 11.6 Å². The third-order valence-corrected chi connectivity index (χ3v) is 8.51. The zero-order valence-corrected chi connectivity index (χ0v) is 21.9. The number of hydrogen-bond acceptors (Lipinski definition) is 6. The maximum Gasteiger partial charge on any atom is 0.154 e. The van der Waals surface area contributed by atoms with E-state index in [2.05, 4.69) is 46.1 Å². The van der Waals surface area contributed by atoms with Gasteiger partial charge in [0.05, 0.1) is 22.7 Å². The molecule has 7 nitrogen and oxygen atoms in total. The number of anilines is 1. The number of nitrogens with zero attached hydrogens (tertiary/aromatic N) is 5. The number of benzene rings is 2. The van der Waals surface area contributed by atoms with Crippen LogP contribution in [-0.2, 0) is 15.6 Å². The third kappa shape index (κ3) is 5.85. The molecule has 188 valence electrons. The Kier molecular flexibility index (Phi) is 7.78. The number of rotatable bonds is 8. The Morgan fingerprint density at radius 3 is 2.54 bits per heavy atom. The molecule has 1 fully saturated rings. The Labute approximate surface area is 211 Å². The molecular formula is C25H31ClFN5O2S. The second-order valence-electron chi connectivity index (χ2n) is 9.18. The van der Waals surface area contributed by atoms with Crippen LogP contribution in [0, 0.1) is 5.82 Å². The quantitative estimate of drug-likeness (QED) is 0.434. The van der Waals surface area contributed by atoms with E-state index in [0.29, 0.717) is 23.7 Å². The normalized spacial score (nSPS) is 15.2. The number of aromatic nitrogens is 3. The highest BCUT2D eigenvalue weighted by atomic mass is 35.5. The van der Waals surface area contributed by atoms with Crippen LogP contribution in [0.25, 0.3) is 16.9 Å². The first-order chi connectivity index (χ1) is 16.7. The van der Waals surface area contributed by atoms with Gasteiger partial charge in [0, 0.05) is 43.5 Å². The van der Waals surface area contributed by atoms with Gasteiger partial charge in [-0.05, 0) is 44.0 Å². The molecule has 0 N–H and O–H groups in total. The van der Waals surface area contributed by atoms with Gasteiger partial charge in [-0.1, -0.05) is 41.9 Å². The van der Waals surface area contributed by atoms with E-state index >= 15 is 0 Å². The molecule has 0 radical (unpaired) electrons. The standard InChI is InChI=1S/C25H31ClFN5O2S/c1-4-14-35(33,34)17-20-8-9-22(27)25(24(20)26)32-16-23(28-29-32)19-6-5-7-21(15-19)31-12-10-30(11-13-31)18(2)3/h5-9,15-16,18H,4,10-14,17H2,1-3H3. The van der Waals surface area contributed by atoms with E-state index in [-0.39, 0.29) is 22.2 Å². The molecule has 10 heteroatoms. The van der Waals surface area contributed by atoms with Crippen molar-refractivity contribution in [3.63, 3.8) is 0 Å². The number of piperazine rings is 1. The van der Waals surface area contributed by atoms with Crippen molar-refractivity contribution in [2.75, 3.05) is 36.8 Å². The van der Waals surface area contributed by atoms with Crippen LogP contribution in [0.4, 0.5) is 10.1 Å². The topological polar surface area (TPSA) is 71.3 Å². The van der Waals surface area contributed by atoms with Gasteiger partial charge < -0.3 is 4.90 Å². The van der Waals surface area contributed by atoms with Crippen molar-refractivity contribution in [2.45, 2.75) is 39.0 Å². The number of halogens is 2. The summed E-state index contributed by atoms with van der Waals surface area (Å²) in [5.74, 6) is -0.799. The molecule has 0 unspecified atom stereocenters. The van der Waals surface area contributed by atoms with Crippen molar-refractivity contribution >= 4 is 27.1 Å². The van der Waals surface area contributed by atoms with Crippen molar-refractivity contribution in [3.8, 4) is 16.9 Å². The van der Waals surface area contributed by atoms with Crippen molar-refractivity contribution in [1.82, 2.24) is 19.9 Å². The maximum absolute atomic E-state index is 14.8. The molecule has 3 aromatic rings. The van der Waals surface area contributed by atoms with Crippen LogP contribution < -0.4 is 4.90 Å². The zero-order valence-electron chi connectivity index (χ0n) is 20.3. The molecule has 2 heterocycles. The van der Waals surface area contributed by atoms with Crippen molar-refractivity contribution < 1.29 is 12.8 Å². The minimum Gasteiger partial charge on any atom is -0.369 e. The molecule has 1 aliphatic heterocycles. The summed E-state index contributed by atoms with van der Waals surface area (Å²) >= 11 is 6.47. The lowest BCUT2D eigenvalue weighted by molar-refractivity contribution is 0.209. The van der Waals surface area contributed by atoms with Crippen LogP contribution in [0.15, 0.2) is 42.6 Å². The summed E-state index contributed by atoms with van der Waals surface area (Å²) in [6, 6.07) is 11.2. The van der Waals surface area contributed by atoms with Crippen LogP contribution in [0.1, 0.15) is 32.8 Å². The minimum atomic E-state index is -3.34. The highest BCUT2D eigenvalue weighted by molar-refractivity contribution is 7.90. The molecule has 1 aromatic heterocycles. The second-order valence-corrected chi connectivity index (χ2v) is 11.7. The van der Waals surface area contributed by atoms with E-state index in [1.54, 1.807) is 13.1 Å². The predicted octanol–water partition coefficient (Wildman–Crippen LogP) is 4.58. The van der Waals surface area contributed by atoms with E-state index in [9.17, 15) is 12.8 Å². The van der Waals surface area contributed by atoms with Crippen molar-refractivity contribution in [2.24, 2.45) is 0 Å². The predicted molar refractivity (Wildman–Crippen MR) is 138 cm³/mol. The first-order valence-corrected chi connectivity index (χ1v) is 14.1. The minimum absolute atomic E-state index is 0.00410. The van der Waals surface area contributed by atoms with Crippen LogP contribution in [0.2, 0.25) is 5.02 Å². The fourth-order valence-electron chi connectivity index (χ4n) is 4.39. The molecule has 0 aliphatic carbocycles. The monoisotopic (exact) mass is 519 g/mol. The lowest BCUT2D eigenvalue weighted by atomic mass is 10.1. The maximum atomic E-state index is 14.8. The molecule has 4 rings (SSSR count). The second kappa shape index (κ2) is 10.6. The lowest BCUT2D eigenvalue weighted by Crippen LogP contribution is -2.48. The molecule has 1 saturated heterocycles.